The first-order chi connectivity index (χ1) is 22.9. The quantitative estimate of drug-likeness (QED) is 0.221. The van der Waals surface area contributed by atoms with E-state index in [4.69, 9.17) is 9.90 Å². The maximum atomic E-state index is 11.4. The van der Waals surface area contributed by atoms with E-state index in [-0.39, 0.29) is 11.9 Å². The molecule has 0 aliphatic heterocycles. The number of aromatic carboxylic acids is 1. The lowest BCUT2D eigenvalue weighted by Crippen LogP contribution is -2.64. The molecular weight excluding hydrogens is 608 g/mol. The van der Waals surface area contributed by atoms with E-state index in [1.165, 1.54) is 75.3 Å². The van der Waals surface area contributed by atoms with Crippen LogP contribution in [0, 0.1) is 50.7 Å². The van der Waals surface area contributed by atoms with E-state index >= 15 is 0 Å². The highest BCUT2D eigenvalue weighted by atomic mass is 16.4. The number of carboxylic acids is 1. The molecule has 5 aliphatic rings. The van der Waals surface area contributed by atoms with Gasteiger partial charge in [0.1, 0.15) is 0 Å². The Kier molecular flexibility index (Phi) is 12.1. The summed E-state index contributed by atoms with van der Waals surface area (Å²) in [6.45, 7) is 22.4. The number of allylic oxidation sites excluding steroid dienone is 2. The summed E-state index contributed by atoms with van der Waals surface area (Å²) in [6, 6.07) is 7.64. The summed E-state index contributed by atoms with van der Waals surface area (Å²) in [7, 11) is 6.27. The zero-order chi connectivity index (χ0) is 36.4. The van der Waals surface area contributed by atoms with Gasteiger partial charge in [-0.05, 0) is 153 Å². The molecule has 6 rings (SSSR count). The molecule has 49 heavy (non-hydrogen) atoms. The van der Waals surface area contributed by atoms with Gasteiger partial charge in [0.05, 0.1) is 5.56 Å². The third kappa shape index (κ3) is 7.20. The first kappa shape index (κ1) is 39.3. The molecule has 0 amide bonds. The van der Waals surface area contributed by atoms with Gasteiger partial charge < -0.3 is 20.0 Å². The Bertz CT molecular complexity index is 1350. The smallest absolute Gasteiger partial charge is 0.335 e. The summed E-state index contributed by atoms with van der Waals surface area (Å²) >= 11 is 0. The van der Waals surface area contributed by atoms with Crippen LogP contribution in [0.4, 0.5) is 0 Å². The van der Waals surface area contributed by atoms with Crippen LogP contribution in [-0.4, -0.2) is 73.2 Å². The number of benzene rings is 1. The highest BCUT2D eigenvalue weighted by Crippen LogP contribution is 2.77. The standard InChI is InChI=1S/C34H48O2.C8H18N2.CH2O2/c1-30(2)24(22-9-11-23(12-10-22)29(35)36)15-18-32(4)27(30)16-19-34(6)28(32)14-13-26-25-8-7-17-31(25,3)20-21-33(26,34)5;1-5-6-10(4)8-7-9(2)3;2-1-3/h9-12,15,25-28H,7-8,13-14,16-21H2,1-6H3,(H,35,36);5H,1,6-8H2,2-4H3;1H,(H,2,3)/t25-,26?,27?,28?,31?,32?,33-,34?;;/m1../s1. The molecule has 0 aromatic heterocycles. The number of nitrogens with zero attached hydrogens (tertiary/aromatic N) is 2. The molecule has 6 heteroatoms. The summed E-state index contributed by atoms with van der Waals surface area (Å²) in [4.78, 5) is 24.2. The Balaban J connectivity index is 0.000000357. The van der Waals surface area contributed by atoms with Crippen molar-refractivity contribution in [2.45, 2.75) is 106 Å². The van der Waals surface area contributed by atoms with Crippen LogP contribution < -0.4 is 0 Å². The molecule has 2 N–H and O–H groups in total. The normalized spacial score (nSPS) is 37.1. The van der Waals surface area contributed by atoms with Crippen molar-refractivity contribution in [2.24, 2.45) is 50.7 Å². The molecule has 274 valence electrons. The number of fused-ring (bicyclic) bond motifs is 7. The Hall–Kier alpha value is -2.44. The van der Waals surface area contributed by atoms with Crippen molar-refractivity contribution in [3.8, 4) is 0 Å². The van der Waals surface area contributed by atoms with E-state index in [0.29, 0.717) is 33.1 Å². The van der Waals surface area contributed by atoms with Crippen molar-refractivity contribution in [1.29, 1.82) is 0 Å². The number of likely N-dealkylation sites (N-methyl/N-ethyl adjacent to an activating group) is 2. The van der Waals surface area contributed by atoms with Crippen LogP contribution in [0.3, 0.4) is 0 Å². The first-order valence-corrected chi connectivity index (χ1v) is 19.0. The van der Waals surface area contributed by atoms with Crippen LogP contribution in [0.2, 0.25) is 0 Å². The molecule has 4 saturated carbocycles. The van der Waals surface area contributed by atoms with Crippen LogP contribution in [0.15, 0.2) is 43.0 Å². The second kappa shape index (κ2) is 15.0. The summed E-state index contributed by atoms with van der Waals surface area (Å²) in [6.07, 6.45) is 18.5. The van der Waals surface area contributed by atoms with Gasteiger partial charge in [-0.2, -0.15) is 0 Å². The molecule has 0 bridgehead atoms. The summed E-state index contributed by atoms with van der Waals surface area (Å²) in [5.41, 5.74) is 5.00. The van der Waals surface area contributed by atoms with Gasteiger partial charge in [0.15, 0.2) is 0 Å². The van der Waals surface area contributed by atoms with Crippen LogP contribution >= 0.6 is 0 Å². The molecule has 6 unspecified atom stereocenters. The van der Waals surface area contributed by atoms with E-state index in [2.05, 4.69) is 85.1 Å². The lowest BCUT2D eigenvalue weighted by atomic mass is 9.33. The topological polar surface area (TPSA) is 81.1 Å². The fourth-order valence-electron chi connectivity index (χ4n) is 12.5. The number of carboxylic acid groups (broad SMARTS) is 2. The van der Waals surface area contributed by atoms with Gasteiger partial charge in [-0.3, -0.25) is 4.79 Å². The number of carbonyl (C=O) groups is 2. The van der Waals surface area contributed by atoms with Crippen LogP contribution in [0.5, 0.6) is 0 Å². The molecule has 0 saturated heterocycles. The van der Waals surface area contributed by atoms with E-state index in [1.54, 1.807) is 12.1 Å². The van der Waals surface area contributed by atoms with Gasteiger partial charge in [-0.1, -0.05) is 72.2 Å². The Morgan fingerprint density at radius 1 is 0.857 bits per heavy atom. The maximum absolute atomic E-state index is 11.4. The van der Waals surface area contributed by atoms with Gasteiger partial charge in [0.25, 0.3) is 6.47 Å². The van der Waals surface area contributed by atoms with E-state index in [9.17, 15) is 9.90 Å². The Morgan fingerprint density at radius 3 is 2.10 bits per heavy atom. The average molecular weight is 677 g/mol. The molecule has 0 heterocycles. The lowest BCUT2D eigenvalue weighted by Gasteiger charge is -2.72. The summed E-state index contributed by atoms with van der Waals surface area (Å²) < 4.78 is 0. The average Bonchev–Trinajstić information content (AvgIpc) is 3.43. The minimum atomic E-state index is -0.845. The van der Waals surface area contributed by atoms with Gasteiger partial charge in [0.2, 0.25) is 0 Å². The van der Waals surface area contributed by atoms with Crippen LogP contribution in [0.25, 0.3) is 5.57 Å². The number of rotatable bonds is 7. The van der Waals surface area contributed by atoms with Crippen LogP contribution in [0.1, 0.15) is 122 Å². The van der Waals surface area contributed by atoms with Gasteiger partial charge in [0, 0.05) is 19.6 Å². The van der Waals surface area contributed by atoms with Crippen LogP contribution in [-0.2, 0) is 4.79 Å². The molecule has 1 aromatic carbocycles. The highest BCUT2D eigenvalue weighted by molar-refractivity contribution is 5.88. The highest BCUT2D eigenvalue weighted by Gasteiger charge is 2.68. The molecule has 5 aliphatic carbocycles. The molecule has 0 radical (unpaired) electrons. The molecule has 6 nitrogen and oxygen atoms in total. The van der Waals surface area contributed by atoms with Crippen molar-refractivity contribution < 1.29 is 19.8 Å². The summed E-state index contributed by atoms with van der Waals surface area (Å²) in [5, 5.41) is 16.3. The van der Waals surface area contributed by atoms with Crippen molar-refractivity contribution in [3.63, 3.8) is 0 Å². The maximum Gasteiger partial charge on any atom is 0.335 e. The summed E-state index contributed by atoms with van der Waals surface area (Å²) in [5.74, 6) is 2.51. The van der Waals surface area contributed by atoms with Crippen molar-refractivity contribution in [1.82, 2.24) is 9.80 Å². The minimum Gasteiger partial charge on any atom is -0.483 e. The predicted octanol–water partition coefficient (Wildman–Crippen LogP) is 9.62. The van der Waals surface area contributed by atoms with E-state index in [1.807, 2.05) is 18.2 Å². The minimum absolute atomic E-state index is 0.0907. The van der Waals surface area contributed by atoms with Gasteiger partial charge in [-0.15, -0.1) is 6.58 Å². The predicted molar refractivity (Wildman–Crippen MR) is 203 cm³/mol. The molecule has 4 fully saturated rings. The fraction of sp³-hybridized carbons (Fsp3) is 0.721. The lowest BCUT2D eigenvalue weighted by molar-refractivity contribution is -0.221. The fourth-order valence-corrected chi connectivity index (χ4v) is 12.5. The zero-order valence-corrected chi connectivity index (χ0v) is 32.4. The second-order valence-electron chi connectivity index (χ2n) is 18.2. The SMILES string of the molecule is C=CCN(C)CCN(C)C.CC1(C)C(c2ccc(C(=O)O)cc2)=CCC2(C)C1CCC1(C)C2CCC2[C@H]3CCCC3(C)CC[C@]21C.O=CO. The van der Waals surface area contributed by atoms with E-state index < -0.39 is 5.97 Å². The molecule has 0 spiro atoms. The van der Waals surface area contributed by atoms with Crippen molar-refractivity contribution in [3.05, 3.63) is 54.1 Å². The van der Waals surface area contributed by atoms with Gasteiger partial charge in [-0.25, -0.2) is 4.79 Å². The Labute approximate surface area is 298 Å². The Morgan fingerprint density at radius 2 is 1.51 bits per heavy atom. The molecular formula is C43H68N2O4. The third-order valence-electron chi connectivity index (χ3n) is 15.2. The number of hydrogen-bond acceptors (Lipinski definition) is 4. The largest absolute Gasteiger partial charge is 0.483 e. The number of hydrogen-bond donors (Lipinski definition) is 2. The molecule has 1 aromatic rings. The monoisotopic (exact) mass is 677 g/mol. The first-order valence-electron chi connectivity index (χ1n) is 19.0. The van der Waals surface area contributed by atoms with Crippen molar-refractivity contribution >= 4 is 18.0 Å². The zero-order valence-electron chi connectivity index (χ0n) is 32.4. The van der Waals surface area contributed by atoms with Crippen molar-refractivity contribution in [2.75, 3.05) is 40.8 Å². The molecule has 8 atom stereocenters. The third-order valence-corrected chi connectivity index (χ3v) is 15.2. The van der Waals surface area contributed by atoms with E-state index in [0.717, 1.165) is 37.4 Å². The van der Waals surface area contributed by atoms with Gasteiger partial charge >= 0.3 is 5.97 Å². The second-order valence-corrected chi connectivity index (χ2v) is 18.2.